The Kier molecular flexibility index (Phi) is 4.35. The van der Waals surface area contributed by atoms with E-state index in [1.54, 1.807) is 30.1 Å². The molecule has 2 rings (SSSR count). The van der Waals surface area contributed by atoms with Gasteiger partial charge < -0.3 is 9.42 Å². The van der Waals surface area contributed by atoms with Gasteiger partial charge in [-0.3, -0.25) is 4.79 Å². The maximum Gasteiger partial charge on any atom is 0.255 e. The number of aromatic nitrogens is 1. The molecule has 0 aliphatic carbocycles. The lowest BCUT2D eigenvalue weighted by molar-refractivity contribution is 0.0784. The summed E-state index contributed by atoms with van der Waals surface area (Å²) in [5.41, 5.74) is 2.11. The van der Waals surface area contributed by atoms with Gasteiger partial charge in [-0.05, 0) is 32.0 Å². The number of halogens is 2. The largest absolute Gasteiger partial charge is 0.361 e. The van der Waals surface area contributed by atoms with E-state index >= 15 is 0 Å². The summed E-state index contributed by atoms with van der Waals surface area (Å²) in [5.74, 6) is 0.538. The number of carbonyl (C=O) groups excluding carboxylic acids is 1. The molecule has 1 amide bonds. The van der Waals surface area contributed by atoms with Crippen molar-refractivity contribution in [2.24, 2.45) is 0 Å². The molecular weight excluding hydrogens is 299 g/mol. The van der Waals surface area contributed by atoms with Gasteiger partial charge in [0.05, 0.1) is 22.8 Å². The topological polar surface area (TPSA) is 46.3 Å². The van der Waals surface area contributed by atoms with E-state index in [9.17, 15) is 4.79 Å². The van der Waals surface area contributed by atoms with Crippen LogP contribution >= 0.6 is 23.2 Å². The Morgan fingerprint density at radius 1 is 1.35 bits per heavy atom. The number of hydrogen-bond donors (Lipinski definition) is 0. The first kappa shape index (κ1) is 14.9. The van der Waals surface area contributed by atoms with Crippen LogP contribution in [0, 0.1) is 13.8 Å². The van der Waals surface area contributed by atoms with E-state index in [1.807, 2.05) is 13.8 Å². The molecule has 106 valence electrons. The molecule has 1 aromatic carbocycles. The number of amides is 1. The molecule has 2 aromatic rings. The van der Waals surface area contributed by atoms with Crippen molar-refractivity contribution in [2.45, 2.75) is 20.4 Å². The highest BCUT2D eigenvalue weighted by Gasteiger charge is 2.18. The lowest BCUT2D eigenvalue weighted by atomic mass is 10.1. The molecule has 0 radical (unpaired) electrons. The Morgan fingerprint density at radius 3 is 2.60 bits per heavy atom. The van der Waals surface area contributed by atoms with Crippen LogP contribution < -0.4 is 0 Å². The van der Waals surface area contributed by atoms with Crippen molar-refractivity contribution in [1.29, 1.82) is 0 Å². The summed E-state index contributed by atoms with van der Waals surface area (Å²) >= 11 is 11.9. The highest BCUT2D eigenvalue weighted by Crippen LogP contribution is 2.23. The summed E-state index contributed by atoms with van der Waals surface area (Å²) in [6.07, 6.45) is 0. The molecule has 0 bridgehead atoms. The number of hydrogen-bond acceptors (Lipinski definition) is 3. The van der Waals surface area contributed by atoms with Gasteiger partial charge in [-0.15, -0.1) is 0 Å². The predicted octanol–water partition coefficient (Wildman–Crippen LogP) is 3.87. The monoisotopic (exact) mass is 312 g/mol. The van der Waals surface area contributed by atoms with Gasteiger partial charge in [-0.2, -0.15) is 0 Å². The highest BCUT2D eigenvalue weighted by atomic mass is 35.5. The van der Waals surface area contributed by atoms with Crippen molar-refractivity contribution in [1.82, 2.24) is 10.1 Å². The van der Waals surface area contributed by atoms with Gasteiger partial charge in [-0.25, -0.2) is 0 Å². The number of rotatable bonds is 3. The van der Waals surface area contributed by atoms with Gasteiger partial charge >= 0.3 is 0 Å². The molecular formula is C14H14Cl2N2O2. The third-order valence-electron chi connectivity index (χ3n) is 3.08. The molecule has 0 aliphatic rings. The molecule has 0 unspecified atom stereocenters. The fourth-order valence-electron chi connectivity index (χ4n) is 1.91. The molecule has 0 spiro atoms. The Morgan fingerprint density at radius 2 is 2.05 bits per heavy atom. The van der Waals surface area contributed by atoms with Crippen LogP contribution in [0.2, 0.25) is 10.0 Å². The molecule has 0 atom stereocenters. The van der Waals surface area contributed by atoms with Crippen LogP contribution in [-0.2, 0) is 6.54 Å². The second-order valence-electron chi connectivity index (χ2n) is 4.59. The summed E-state index contributed by atoms with van der Waals surface area (Å²) in [7, 11) is 1.71. The normalized spacial score (nSPS) is 10.7. The van der Waals surface area contributed by atoms with Crippen molar-refractivity contribution in [3.8, 4) is 0 Å². The number of benzene rings is 1. The van der Waals surface area contributed by atoms with Crippen molar-refractivity contribution in [2.75, 3.05) is 7.05 Å². The molecule has 6 heteroatoms. The molecule has 0 aliphatic heterocycles. The maximum atomic E-state index is 12.4. The Hall–Kier alpha value is -1.52. The van der Waals surface area contributed by atoms with E-state index < -0.39 is 0 Å². The quantitative estimate of drug-likeness (QED) is 0.864. The van der Waals surface area contributed by atoms with Crippen LogP contribution in [0.25, 0.3) is 0 Å². The molecule has 0 N–H and O–H groups in total. The summed E-state index contributed by atoms with van der Waals surface area (Å²) in [6.45, 7) is 4.08. The van der Waals surface area contributed by atoms with Crippen molar-refractivity contribution in [3.05, 3.63) is 50.8 Å². The molecule has 4 nitrogen and oxygen atoms in total. The van der Waals surface area contributed by atoms with Gasteiger partial charge in [0.1, 0.15) is 5.76 Å². The first-order valence-corrected chi connectivity index (χ1v) is 6.78. The summed E-state index contributed by atoms with van der Waals surface area (Å²) in [6, 6.07) is 4.82. The third kappa shape index (κ3) is 2.97. The zero-order valence-corrected chi connectivity index (χ0v) is 12.9. The lowest BCUT2D eigenvalue weighted by Crippen LogP contribution is -2.26. The van der Waals surface area contributed by atoms with Crippen molar-refractivity contribution < 1.29 is 9.32 Å². The fourth-order valence-corrected chi connectivity index (χ4v) is 2.39. The Balaban J connectivity index is 2.21. The van der Waals surface area contributed by atoms with Gasteiger partial charge in [0, 0.05) is 17.6 Å². The van der Waals surface area contributed by atoms with Crippen molar-refractivity contribution >= 4 is 29.1 Å². The lowest BCUT2D eigenvalue weighted by Gasteiger charge is -2.17. The molecule has 0 fully saturated rings. The zero-order chi connectivity index (χ0) is 14.9. The van der Waals surface area contributed by atoms with Crippen LogP contribution in [0.3, 0.4) is 0 Å². The smallest absolute Gasteiger partial charge is 0.255 e. The number of aryl methyl sites for hydroxylation is 2. The SMILES string of the molecule is Cc1noc(C)c1CN(C)C(=O)c1ccc(Cl)cc1Cl. The number of carbonyl (C=O) groups is 1. The molecule has 20 heavy (non-hydrogen) atoms. The van der Waals surface area contributed by atoms with Crippen molar-refractivity contribution in [3.63, 3.8) is 0 Å². The first-order chi connectivity index (χ1) is 9.40. The van der Waals surface area contributed by atoms with Gasteiger partial charge in [-0.1, -0.05) is 28.4 Å². The van der Waals surface area contributed by atoms with Crippen LogP contribution in [0.5, 0.6) is 0 Å². The second kappa shape index (κ2) is 5.85. The van der Waals surface area contributed by atoms with E-state index in [0.717, 1.165) is 11.3 Å². The third-order valence-corrected chi connectivity index (χ3v) is 3.63. The molecule has 0 saturated heterocycles. The van der Waals surface area contributed by atoms with E-state index in [4.69, 9.17) is 27.7 Å². The summed E-state index contributed by atoms with van der Waals surface area (Å²) < 4.78 is 5.09. The minimum absolute atomic E-state index is 0.174. The van der Waals surface area contributed by atoms with Crippen LogP contribution in [-0.4, -0.2) is 23.0 Å². The van der Waals surface area contributed by atoms with E-state index in [0.29, 0.717) is 27.9 Å². The second-order valence-corrected chi connectivity index (χ2v) is 5.43. The number of nitrogens with zero attached hydrogens (tertiary/aromatic N) is 2. The zero-order valence-electron chi connectivity index (χ0n) is 11.4. The van der Waals surface area contributed by atoms with Gasteiger partial charge in [0.25, 0.3) is 5.91 Å². The Labute approximate surface area is 127 Å². The van der Waals surface area contributed by atoms with E-state index in [1.165, 1.54) is 0 Å². The van der Waals surface area contributed by atoms with Gasteiger partial charge in [0.2, 0.25) is 0 Å². The highest BCUT2D eigenvalue weighted by molar-refractivity contribution is 6.36. The standard InChI is InChI=1S/C14H14Cl2N2O2/c1-8-12(9(2)20-17-8)7-18(3)14(19)11-5-4-10(15)6-13(11)16/h4-6H,7H2,1-3H3. The van der Waals surface area contributed by atoms with Crippen LogP contribution in [0.4, 0.5) is 0 Å². The minimum Gasteiger partial charge on any atom is -0.361 e. The van der Waals surface area contributed by atoms with Crippen LogP contribution in [0.1, 0.15) is 27.4 Å². The average molecular weight is 313 g/mol. The molecule has 1 heterocycles. The Bertz CT molecular complexity index is 633. The first-order valence-electron chi connectivity index (χ1n) is 6.02. The van der Waals surface area contributed by atoms with E-state index in [2.05, 4.69) is 5.16 Å². The van der Waals surface area contributed by atoms with E-state index in [-0.39, 0.29) is 5.91 Å². The van der Waals surface area contributed by atoms with Crippen LogP contribution in [0.15, 0.2) is 22.7 Å². The summed E-state index contributed by atoms with van der Waals surface area (Å²) in [5, 5.41) is 4.71. The molecule has 1 aromatic heterocycles. The van der Waals surface area contributed by atoms with Gasteiger partial charge in [0.15, 0.2) is 0 Å². The minimum atomic E-state index is -0.174. The molecule has 0 saturated carbocycles. The maximum absolute atomic E-state index is 12.4. The summed E-state index contributed by atoms with van der Waals surface area (Å²) in [4.78, 5) is 13.9. The predicted molar refractivity (Wildman–Crippen MR) is 78.2 cm³/mol. The average Bonchev–Trinajstić information content (AvgIpc) is 2.70. The fraction of sp³-hybridized carbons (Fsp3) is 0.286.